The second kappa shape index (κ2) is 8.14. The van der Waals surface area contributed by atoms with E-state index in [9.17, 15) is 4.79 Å². The number of ether oxygens (including phenoxy) is 1. The van der Waals surface area contributed by atoms with E-state index in [4.69, 9.17) is 4.74 Å². The first-order valence-electron chi connectivity index (χ1n) is 7.11. The zero-order valence-electron chi connectivity index (χ0n) is 12.8. The van der Waals surface area contributed by atoms with Gasteiger partial charge in [0, 0.05) is 5.25 Å². The Morgan fingerprint density at radius 1 is 1.32 bits per heavy atom. The van der Waals surface area contributed by atoms with Crippen molar-refractivity contribution in [3.05, 3.63) is 30.3 Å². The van der Waals surface area contributed by atoms with E-state index in [1.807, 2.05) is 37.3 Å². The van der Waals surface area contributed by atoms with Crippen LogP contribution in [0.5, 0.6) is 5.75 Å². The van der Waals surface area contributed by atoms with E-state index in [0.29, 0.717) is 22.6 Å². The summed E-state index contributed by atoms with van der Waals surface area (Å²) in [5.74, 6) is 0.474. The normalized spacial score (nSPS) is 12.2. The summed E-state index contributed by atoms with van der Waals surface area (Å²) in [5, 5.41) is 11.8. The molecular formula is C15H19N3O2S2. The molecule has 0 unspecified atom stereocenters. The number of para-hydroxylation sites is 1. The summed E-state index contributed by atoms with van der Waals surface area (Å²) < 4.78 is 6.56. The summed E-state index contributed by atoms with van der Waals surface area (Å²) >= 11 is 3.00. The number of thioether (sulfide) groups is 1. The molecule has 2 aromatic rings. The minimum Gasteiger partial charge on any atom is -0.481 e. The Balaban J connectivity index is 1.95. The molecule has 1 amide bonds. The number of carbonyl (C=O) groups excluding carboxylic acids is 1. The van der Waals surface area contributed by atoms with Crippen LogP contribution in [0.15, 0.2) is 34.7 Å². The number of aromatic nitrogens is 2. The molecule has 22 heavy (non-hydrogen) atoms. The van der Waals surface area contributed by atoms with Crippen LogP contribution in [0.25, 0.3) is 0 Å². The predicted molar refractivity (Wildman–Crippen MR) is 90.7 cm³/mol. The zero-order chi connectivity index (χ0) is 15.9. The molecular weight excluding hydrogens is 318 g/mol. The highest BCUT2D eigenvalue weighted by Gasteiger charge is 2.20. The molecule has 0 spiro atoms. The van der Waals surface area contributed by atoms with Gasteiger partial charge in [-0.1, -0.05) is 62.1 Å². The Kier molecular flexibility index (Phi) is 6.21. The van der Waals surface area contributed by atoms with Crippen molar-refractivity contribution in [3.63, 3.8) is 0 Å². The van der Waals surface area contributed by atoms with Gasteiger partial charge in [-0.05, 0) is 18.6 Å². The van der Waals surface area contributed by atoms with Crippen molar-refractivity contribution in [1.82, 2.24) is 10.2 Å². The van der Waals surface area contributed by atoms with E-state index in [1.165, 1.54) is 11.3 Å². The quantitative estimate of drug-likeness (QED) is 0.614. The highest BCUT2D eigenvalue weighted by molar-refractivity contribution is 8.01. The van der Waals surface area contributed by atoms with Crippen molar-refractivity contribution < 1.29 is 9.53 Å². The number of nitrogens with one attached hydrogen (secondary N) is 1. The lowest BCUT2D eigenvalue weighted by Crippen LogP contribution is -2.32. The van der Waals surface area contributed by atoms with Crippen LogP contribution in [0.1, 0.15) is 27.2 Å². The maximum atomic E-state index is 12.3. The monoisotopic (exact) mass is 337 g/mol. The molecule has 1 aromatic carbocycles. The van der Waals surface area contributed by atoms with Crippen molar-refractivity contribution in [3.8, 4) is 5.75 Å². The van der Waals surface area contributed by atoms with Crippen LogP contribution in [-0.4, -0.2) is 27.5 Å². The van der Waals surface area contributed by atoms with Crippen LogP contribution >= 0.6 is 23.1 Å². The first-order valence-corrected chi connectivity index (χ1v) is 8.80. The number of amides is 1. The second-order valence-corrected chi connectivity index (χ2v) is 7.66. The van der Waals surface area contributed by atoms with Crippen molar-refractivity contribution in [2.75, 3.05) is 5.32 Å². The van der Waals surface area contributed by atoms with Gasteiger partial charge >= 0.3 is 0 Å². The summed E-state index contributed by atoms with van der Waals surface area (Å²) in [5.41, 5.74) is 0. The standard InChI is InChI=1S/C15H19N3O2S2/c1-4-12(20-11-8-6-5-7-9-11)13(19)16-14-17-18-15(22-14)21-10(2)3/h5-10,12H,4H2,1-3H3,(H,16,17,19)/t12-/m1/s1. The first-order chi connectivity index (χ1) is 10.6. The highest BCUT2D eigenvalue weighted by Crippen LogP contribution is 2.28. The Hall–Kier alpha value is -1.60. The fourth-order valence-electron chi connectivity index (χ4n) is 1.68. The van der Waals surface area contributed by atoms with Crippen molar-refractivity contribution in [2.45, 2.75) is 42.9 Å². The Labute approximate surface area is 138 Å². The number of rotatable bonds is 7. The summed E-state index contributed by atoms with van der Waals surface area (Å²) in [6, 6.07) is 9.32. The fourth-order valence-corrected chi connectivity index (χ4v) is 3.66. The average Bonchev–Trinajstić information content (AvgIpc) is 2.92. The number of anilines is 1. The van der Waals surface area contributed by atoms with Crippen LogP contribution in [0.3, 0.4) is 0 Å². The number of hydrogen-bond acceptors (Lipinski definition) is 6. The molecule has 0 saturated heterocycles. The lowest BCUT2D eigenvalue weighted by Gasteiger charge is -2.16. The maximum Gasteiger partial charge on any atom is 0.267 e. The zero-order valence-corrected chi connectivity index (χ0v) is 14.4. The van der Waals surface area contributed by atoms with E-state index in [0.717, 1.165) is 4.34 Å². The van der Waals surface area contributed by atoms with Crippen LogP contribution < -0.4 is 10.1 Å². The van der Waals surface area contributed by atoms with Crippen LogP contribution in [0.2, 0.25) is 0 Å². The number of carbonyl (C=O) groups is 1. The van der Waals surface area contributed by atoms with Gasteiger partial charge in [-0.15, -0.1) is 10.2 Å². The van der Waals surface area contributed by atoms with Gasteiger partial charge in [-0.25, -0.2) is 0 Å². The van der Waals surface area contributed by atoms with E-state index in [1.54, 1.807) is 11.8 Å². The van der Waals surface area contributed by atoms with Gasteiger partial charge in [0.05, 0.1) is 0 Å². The molecule has 118 valence electrons. The molecule has 0 radical (unpaired) electrons. The third-order valence-corrected chi connectivity index (χ3v) is 4.58. The third kappa shape index (κ3) is 4.99. The lowest BCUT2D eigenvalue weighted by atomic mass is 10.2. The SMILES string of the molecule is CC[C@@H](Oc1ccccc1)C(=O)Nc1nnc(SC(C)C)s1. The van der Waals surface area contributed by atoms with Gasteiger partial charge in [0.15, 0.2) is 10.4 Å². The third-order valence-electron chi connectivity index (χ3n) is 2.66. The molecule has 2 rings (SSSR count). The lowest BCUT2D eigenvalue weighted by molar-refractivity contribution is -0.122. The Bertz CT molecular complexity index is 602. The van der Waals surface area contributed by atoms with Gasteiger partial charge in [0.1, 0.15) is 5.75 Å². The van der Waals surface area contributed by atoms with Crippen molar-refractivity contribution in [1.29, 1.82) is 0 Å². The van der Waals surface area contributed by atoms with Crippen molar-refractivity contribution >= 4 is 34.1 Å². The van der Waals surface area contributed by atoms with E-state index in [2.05, 4.69) is 29.4 Å². The van der Waals surface area contributed by atoms with Gasteiger partial charge in [-0.2, -0.15) is 0 Å². The smallest absolute Gasteiger partial charge is 0.267 e. The molecule has 0 saturated carbocycles. The maximum absolute atomic E-state index is 12.3. The number of hydrogen-bond donors (Lipinski definition) is 1. The predicted octanol–water partition coefficient (Wildman–Crippen LogP) is 3.83. The summed E-state index contributed by atoms with van der Waals surface area (Å²) in [6.07, 6.45) is 0.0279. The van der Waals surface area contributed by atoms with Gasteiger partial charge in [0.25, 0.3) is 5.91 Å². The molecule has 0 aliphatic heterocycles. The topological polar surface area (TPSA) is 64.1 Å². The molecule has 1 N–H and O–H groups in total. The van der Waals surface area contributed by atoms with Gasteiger partial charge in [-0.3, -0.25) is 10.1 Å². The minimum absolute atomic E-state index is 0.205. The van der Waals surface area contributed by atoms with Crippen molar-refractivity contribution in [2.24, 2.45) is 0 Å². The van der Waals surface area contributed by atoms with E-state index in [-0.39, 0.29) is 5.91 Å². The summed E-state index contributed by atoms with van der Waals surface area (Å²) in [4.78, 5) is 12.3. The molecule has 7 heteroatoms. The first kappa shape index (κ1) is 16.8. The Morgan fingerprint density at radius 2 is 2.05 bits per heavy atom. The molecule has 0 aliphatic carbocycles. The van der Waals surface area contributed by atoms with E-state index < -0.39 is 6.10 Å². The number of nitrogens with zero attached hydrogens (tertiary/aromatic N) is 2. The number of benzene rings is 1. The fraction of sp³-hybridized carbons (Fsp3) is 0.400. The summed E-state index contributed by atoms with van der Waals surface area (Å²) in [7, 11) is 0. The van der Waals surface area contributed by atoms with Crippen LogP contribution in [-0.2, 0) is 4.79 Å². The molecule has 0 fully saturated rings. The largest absolute Gasteiger partial charge is 0.481 e. The van der Waals surface area contributed by atoms with Crippen LogP contribution in [0.4, 0.5) is 5.13 Å². The second-order valence-electron chi connectivity index (χ2n) is 4.86. The Morgan fingerprint density at radius 3 is 2.68 bits per heavy atom. The van der Waals surface area contributed by atoms with Gasteiger partial charge < -0.3 is 4.74 Å². The molecule has 1 atom stereocenters. The molecule has 1 heterocycles. The molecule has 0 bridgehead atoms. The molecule has 5 nitrogen and oxygen atoms in total. The average molecular weight is 337 g/mol. The summed E-state index contributed by atoms with van der Waals surface area (Å²) in [6.45, 7) is 6.09. The van der Waals surface area contributed by atoms with E-state index >= 15 is 0 Å². The minimum atomic E-state index is -0.549. The van der Waals surface area contributed by atoms with Crippen LogP contribution in [0, 0.1) is 0 Å². The molecule has 0 aliphatic rings. The molecule has 1 aromatic heterocycles. The highest BCUT2D eigenvalue weighted by atomic mass is 32.2. The van der Waals surface area contributed by atoms with Gasteiger partial charge in [0.2, 0.25) is 5.13 Å².